The summed E-state index contributed by atoms with van der Waals surface area (Å²) in [7, 11) is 0. The molecule has 0 spiro atoms. The van der Waals surface area contributed by atoms with Gasteiger partial charge in [-0.05, 0) is 33.1 Å². The fourth-order valence-corrected chi connectivity index (χ4v) is 4.74. The summed E-state index contributed by atoms with van der Waals surface area (Å²) in [5.74, 6) is 1.82. The molecule has 1 aromatic rings. The van der Waals surface area contributed by atoms with E-state index in [0.29, 0.717) is 0 Å². The van der Waals surface area contributed by atoms with E-state index in [1.54, 1.807) is 11.3 Å². The van der Waals surface area contributed by atoms with Crippen LogP contribution in [0.5, 0.6) is 0 Å². The summed E-state index contributed by atoms with van der Waals surface area (Å²) in [5.41, 5.74) is 1.17. The molecule has 0 aromatic carbocycles. The fraction of sp³-hybridized carbons (Fsp3) is 0.789. The topological polar surface area (TPSA) is 53.0 Å². The van der Waals surface area contributed by atoms with Gasteiger partial charge in [-0.3, -0.25) is 9.89 Å². The number of thiazole rings is 1. The highest BCUT2D eigenvalue weighted by molar-refractivity contribution is 14.0. The van der Waals surface area contributed by atoms with Gasteiger partial charge in [-0.25, -0.2) is 4.98 Å². The minimum absolute atomic E-state index is 0. The minimum atomic E-state index is 0. The second kappa shape index (κ2) is 11.5. The number of rotatable bonds is 6. The summed E-state index contributed by atoms with van der Waals surface area (Å²) in [6, 6.07) is 0. The van der Waals surface area contributed by atoms with Crippen molar-refractivity contribution in [3.8, 4) is 0 Å². The molecule has 0 amide bonds. The van der Waals surface area contributed by atoms with Crippen LogP contribution in [-0.4, -0.2) is 79.8 Å². The third-order valence-corrected chi connectivity index (χ3v) is 6.27. The Labute approximate surface area is 184 Å². The molecule has 2 aliphatic rings. The van der Waals surface area contributed by atoms with E-state index in [1.807, 2.05) is 0 Å². The molecule has 6 nitrogen and oxygen atoms in total. The standard InChI is InChI=1S/C19H33N5OS.HI/c1-4-20-19(21-7-5-18-15(2)22-16(3)26-18)24-8-6-17(14-24)13-23-9-11-25-12-10-23;/h17H,4-14H2,1-3H3,(H,20,21);1H. The van der Waals surface area contributed by atoms with Crippen molar-refractivity contribution in [3.63, 3.8) is 0 Å². The van der Waals surface area contributed by atoms with Gasteiger partial charge in [0.25, 0.3) is 0 Å². The van der Waals surface area contributed by atoms with Crippen molar-refractivity contribution in [3.05, 3.63) is 15.6 Å². The number of aliphatic imine (C=N–C) groups is 1. The van der Waals surface area contributed by atoms with Gasteiger partial charge in [-0.2, -0.15) is 0 Å². The van der Waals surface area contributed by atoms with E-state index in [4.69, 9.17) is 9.73 Å². The number of ether oxygens (including phenoxy) is 1. The predicted octanol–water partition coefficient (Wildman–Crippen LogP) is 2.54. The molecule has 1 unspecified atom stereocenters. The van der Waals surface area contributed by atoms with Crippen molar-refractivity contribution in [1.82, 2.24) is 20.1 Å². The predicted molar refractivity (Wildman–Crippen MR) is 124 cm³/mol. The highest BCUT2D eigenvalue weighted by atomic mass is 127. The number of nitrogens with one attached hydrogen (secondary N) is 1. The number of aryl methyl sites for hydroxylation is 2. The van der Waals surface area contributed by atoms with Gasteiger partial charge in [-0.15, -0.1) is 35.3 Å². The number of halogens is 1. The largest absolute Gasteiger partial charge is 0.379 e. The van der Waals surface area contributed by atoms with E-state index in [-0.39, 0.29) is 24.0 Å². The Morgan fingerprint density at radius 2 is 2.07 bits per heavy atom. The Morgan fingerprint density at radius 1 is 1.30 bits per heavy atom. The third kappa shape index (κ3) is 6.83. The molecule has 0 saturated carbocycles. The van der Waals surface area contributed by atoms with Crippen LogP contribution in [0.2, 0.25) is 0 Å². The number of likely N-dealkylation sites (tertiary alicyclic amines) is 1. The van der Waals surface area contributed by atoms with Crippen LogP contribution >= 0.6 is 35.3 Å². The van der Waals surface area contributed by atoms with Crippen LogP contribution in [0.3, 0.4) is 0 Å². The van der Waals surface area contributed by atoms with E-state index >= 15 is 0 Å². The maximum atomic E-state index is 5.46. The van der Waals surface area contributed by atoms with Crippen LogP contribution < -0.4 is 5.32 Å². The number of aromatic nitrogens is 1. The van der Waals surface area contributed by atoms with Crippen molar-refractivity contribution in [1.29, 1.82) is 0 Å². The van der Waals surface area contributed by atoms with Gasteiger partial charge in [0.1, 0.15) is 0 Å². The van der Waals surface area contributed by atoms with Gasteiger partial charge in [0, 0.05) is 57.1 Å². The van der Waals surface area contributed by atoms with Gasteiger partial charge < -0.3 is 15.0 Å². The molecule has 0 aliphatic carbocycles. The third-order valence-electron chi connectivity index (χ3n) is 5.14. The quantitative estimate of drug-likeness (QED) is 0.365. The van der Waals surface area contributed by atoms with E-state index in [0.717, 1.165) is 75.8 Å². The van der Waals surface area contributed by atoms with Gasteiger partial charge in [0.2, 0.25) is 0 Å². The molecule has 1 atom stereocenters. The Hall–Kier alpha value is -0.450. The molecule has 2 aliphatic heterocycles. The summed E-state index contributed by atoms with van der Waals surface area (Å²) < 4.78 is 5.46. The van der Waals surface area contributed by atoms with Crippen molar-refractivity contribution in [2.75, 3.05) is 59.0 Å². The van der Waals surface area contributed by atoms with Crippen molar-refractivity contribution in [2.45, 2.75) is 33.6 Å². The van der Waals surface area contributed by atoms with Crippen molar-refractivity contribution in [2.24, 2.45) is 10.9 Å². The molecule has 27 heavy (non-hydrogen) atoms. The number of hydrogen-bond donors (Lipinski definition) is 1. The lowest BCUT2D eigenvalue weighted by Gasteiger charge is -2.29. The van der Waals surface area contributed by atoms with Crippen LogP contribution in [0, 0.1) is 19.8 Å². The van der Waals surface area contributed by atoms with E-state index in [2.05, 4.69) is 40.9 Å². The summed E-state index contributed by atoms with van der Waals surface area (Å²) in [6.45, 7) is 15.4. The van der Waals surface area contributed by atoms with E-state index < -0.39 is 0 Å². The van der Waals surface area contributed by atoms with Crippen molar-refractivity contribution >= 4 is 41.3 Å². The molecule has 1 N–H and O–H groups in total. The number of hydrogen-bond acceptors (Lipinski definition) is 5. The number of nitrogens with zero attached hydrogens (tertiary/aromatic N) is 4. The average molecular weight is 507 g/mol. The Bertz CT molecular complexity index is 603. The summed E-state index contributed by atoms with van der Waals surface area (Å²) >= 11 is 1.80. The van der Waals surface area contributed by atoms with Gasteiger partial charge in [0.05, 0.1) is 23.9 Å². The van der Waals surface area contributed by atoms with Gasteiger partial charge in [0.15, 0.2) is 5.96 Å². The zero-order valence-corrected chi connectivity index (χ0v) is 20.0. The molecule has 2 fully saturated rings. The van der Waals surface area contributed by atoms with Gasteiger partial charge >= 0.3 is 0 Å². The molecule has 0 radical (unpaired) electrons. The molecular formula is C19H34IN5OS. The Kier molecular flexibility index (Phi) is 9.75. The van der Waals surface area contributed by atoms with E-state index in [1.165, 1.54) is 23.5 Å². The molecule has 154 valence electrons. The SMILES string of the molecule is CCNC(=NCCc1sc(C)nc1C)N1CCC(CN2CCOCC2)C1.I. The van der Waals surface area contributed by atoms with Crippen LogP contribution in [0.4, 0.5) is 0 Å². The number of morpholine rings is 1. The highest BCUT2D eigenvalue weighted by Crippen LogP contribution is 2.19. The Morgan fingerprint density at radius 3 is 2.74 bits per heavy atom. The summed E-state index contributed by atoms with van der Waals surface area (Å²) in [4.78, 5) is 15.8. The molecule has 3 rings (SSSR count). The minimum Gasteiger partial charge on any atom is -0.379 e. The molecule has 8 heteroatoms. The van der Waals surface area contributed by atoms with Crippen LogP contribution in [0.15, 0.2) is 4.99 Å². The molecule has 0 bridgehead atoms. The lowest BCUT2D eigenvalue weighted by atomic mass is 10.1. The molecule has 3 heterocycles. The van der Waals surface area contributed by atoms with Gasteiger partial charge in [-0.1, -0.05) is 0 Å². The summed E-state index contributed by atoms with van der Waals surface area (Å²) in [5, 5.41) is 4.64. The smallest absolute Gasteiger partial charge is 0.193 e. The van der Waals surface area contributed by atoms with Crippen LogP contribution in [0.1, 0.15) is 28.9 Å². The second-order valence-corrected chi connectivity index (χ2v) is 8.53. The first-order chi connectivity index (χ1) is 12.7. The molecule has 2 saturated heterocycles. The highest BCUT2D eigenvalue weighted by Gasteiger charge is 2.27. The zero-order valence-electron chi connectivity index (χ0n) is 16.9. The monoisotopic (exact) mass is 507 g/mol. The van der Waals surface area contributed by atoms with E-state index in [9.17, 15) is 0 Å². The first kappa shape index (κ1) is 22.8. The Balaban J connectivity index is 0.00000261. The van der Waals surface area contributed by atoms with Crippen molar-refractivity contribution < 1.29 is 4.74 Å². The van der Waals surface area contributed by atoms with Crippen LogP contribution in [0.25, 0.3) is 0 Å². The lowest BCUT2D eigenvalue weighted by Crippen LogP contribution is -2.42. The fourth-order valence-electron chi connectivity index (χ4n) is 3.82. The average Bonchev–Trinajstić information content (AvgIpc) is 3.21. The molecule has 1 aromatic heterocycles. The summed E-state index contributed by atoms with van der Waals surface area (Å²) in [6.07, 6.45) is 2.24. The second-order valence-electron chi connectivity index (χ2n) is 7.24. The maximum absolute atomic E-state index is 5.46. The zero-order chi connectivity index (χ0) is 18.4. The first-order valence-corrected chi connectivity index (χ1v) is 10.7. The van der Waals surface area contributed by atoms with Crippen LogP contribution in [-0.2, 0) is 11.2 Å². The lowest BCUT2D eigenvalue weighted by molar-refractivity contribution is 0.0315. The molecular weight excluding hydrogens is 473 g/mol. The maximum Gasteiger partial charge on any atom is 0.193 e. The first-order valence-electron chi connectivity index (χ1n) is 9.92. The number of guanidine groups is 1. The normalized spacial score (nSPS) is 21.4.